The number of benzene rings is 6. The molecule has 52 heavy (non-hydrogen) atoms. The van der Waals surface area contributed by atoms with E-state index in [9.17, 15) is 9.90 Å². The van der Waals surface area contributed by atoms with E-state index in [1.54, 1.807) is 0 Å². The van der Waals surface area contributed by atoms with Gasteiger partial charge in [-0.05, 0) is 62.8 Å². The molecule has 0 amide bonds. The summed E-state index contributed by atoms with van der Waals surface area (Å²) >= 11 is 0. The number of aromatic nitrogens is 3. The smallest absolute Gasteiger partial charge is 0.543 e. The van der Waals surface area contributed by atoms with Crippen LogP contribution < -0.4 is 5.11 Å². The fraction of sp³-hybridized carbons (Fsp3) is 0.0222. The Balaban J connectivity index is 0.000000139. The van der Waals surface area contributed by atoms with E-state index >= 15 is 0 Å². The van der Waals surface area contributed by atoms with Crippen molar-refractivity contribution in [2.24, 2.45) is 0 Å². The van der Waals surface area contributed by atoms with Crippen molar-refractivity contribution in [2.75, 3.05) is 0 Å². The average molecular weight is 853 g/mol. The van der Waals surface area contributed by atoms with Crippen molar-refractivity contribution in [3.63, 3.8) is 0 Å². The van der Waals surface area contributed by atoms with Gasteiger partial charge in [0.05, 0.1) is 29.3 Å². The first-order valence-electron chi connectivity index (χ1n) is 16.4. The van der Waals surface area contributed by atoms with Gasteiger partial charge < -0.3 is 15.0 Å². The molecule has 0 fully saturated rings. The predicted molar refractivity (Wildman–Crippen MR) is 202 cm³/mol. The van der Waals surface area contributed by atoms with Crippen molar-refractivity contribution < 1.29 is 35.1 Å². The van der Waals surface area contributed by atoms with Gasteiger partial charge >= 0.3 is 20.1 Å². The van der Waals surface area contributed by atoms with Crippen LogP contribution in [0.25, 0.3) is 65.9 Å². The van der Waals surface area contributed by atoms with E-state index in [2.05, 4.69) is 114 Å². The average Bonchev–Trinajstić information content (AvgIpc) is 3.21. The summed E-state index contributed by atoms with van der Waals surface area (Å²) in [5.41, 5.74) is 6.48. The van der Waals surface area contributed by atoms with Gasteiger partial charge in [-0.1, -0.05) is 84.9 Å². The summed E-state index contributed by atoms with van der Waals surface area (Å²) in [7, 11) is 0. The number of rotatable bonds is 4. The Kier molecular flexibility index (Phi) is 11.5. The van der Waals surface area contributed by atoms with E-state index in [1.165, 1.54) is 50.6 Å². The second kappa shape index (κ2) is 16.7. The van der Waals surface area contributed by atoms with Crippen LogP contribution in [0.1, 0.15) is 16.1 Å². The minimum Gasteiger partial charge on any atom is -0.543 e. The van der Waals surface area contributed by atoms with Gasteiger partial charge in [-0.2, -0.15) is 0 Å². The van der Waals surface area contributed by atoms with Crippen LogP contribution in [0, 0.1) is 12.1 Å². The van der Waals surface area contributed by atoms with Gasteiger partial charge in [0.2, 0.25) is 0 Å². The third kappa shape index (κ3) is 7.78. The number of pyridine rings is 3. The first-order valence-corrected chi connectivity index (χ1v) is 16.4. The molecule has 252 valence electrons. The van der Waals surface area contributed by atoms with E-state index in [0.717, 1.165) is 33.5 Å². The zero-order valence-corrected chi connectivity index (χ0v) is 30.1. The van der Waals surface area contributed by atoms with Crippen molar-refractivity contribution in [1.29, 1.82) is 0 Å². The molecule has 0 aliphatic heterocycles. The van der Waals surface area contributed by atoms with Gasteiger partial charge in [-0.25, -0.2) is 0 Å². The molecule has 0 aliphatic carbocycles. The van der Waals surface area contributed by atoms with E-state index in [4.69, 9.17) is 15.1 Å². The standard InChI is InChI=1S/2C19H12N.C7H7NO3.Ir/c2*1-2-8-14(9-3-1)19-17-12-5-4-10-15(17)16-11-6-7-13-18(16)20-19;9-4-5-1-2-8-6(3-5)7(10)11;/h2*1-8,10-13H;1-3,9H,4H2,(H,10,11);/q2*-1;;+3/p-1. The van der Waals surface area contributed by atoms with Gasteiger partial charge in [-0.15, -0.1) is 71.8 Å². The number of hydrogen-bond donors (Lipinski definition) is 1. The maximum atomic E-state index is 10.2. The number of hydrogen-bond acceptors (Lipinski definition) is 6. The number of carbonyl (C=O) groups is 1. The molecule has 0 atom stereocenters. The molecular formula is C45H30IrN3O3. The normalized spacial score (nSPS) is 10.5. The zero-order valence-electron chi connectivity index (χ0n) is 27.7. The van der Waals surface area contributed by atoms with Crippen LogP contribution in [0.3, 0.4) is 0 Å². The molecule has 3 aromatic heterocycles. The molecule has 9 rings (SSSR count). The molecule has 1 N–H and O–H groups in total. The molecule has 0 unspecified atom stereocenters. The summed E-state index contributed by atoms with van der Waals surface area (Å²) in [5, 5.41) is 26.0. The number of aliphatic hydroxyl groups excluding tert-OH is 1. The summed E-state index contributed by atoms with van der Waals surface area (Å²) in [6, 6.07) is 58.8. The van der Waals surface area contributed by atoms with E-state index in [0.29, 0.717) is 5.56 Å². The molecule has 0 saturated heterocycles. The van der Waals surface area contributed by atoms with Crippen LogP contribution in [-0.2, 0) is 26.7 Å². The second-order valence-corrected chi connectivity index (χ2v) is 11.6. The SMILES string of the molecule is O=C([O-])c1cc(CO)ccn1.[Ir+3].[c-]1ccccc1-c1nc2ccccc2c2ccccc12.[c-]1ccccc1-c1nc2ccccc2c2ccccc12. The van der Waals surface area contributed by atoms with Crippen LogP contribution in [-0.4, -0.2) is 26.0 Å². The molecule has 0 radical (unpaired) electrons. The number of carboxylic acid groups (broad SMARTS) is 1. The Hall–Kier alpha value is -6.11. The number of para-hydroxylation sites is 2. The molecule has 7 heteroatoms. The zero-order chi connectivity index (χ0) is 35.0. The predicted octanol–water partition coefficient (Wildman–Crippen LogP) is 8.65. The molecule has 0 saturated carbocycles. The van der Waals surface area contributed by atoms with Gasteiger partial charge in [-0.3, -0.25) is 15.0 Å². The third-order valence-electron chi connectivity index (χ3n) is 8.36. The molecule has 0 bridgehead atoms. The van der Waals surface area contributed by atoms with Gasteiger partial charge in [0.25, 0.3) is 0 Å². The first-order chi connectivity index (χ1) is 25.1. The number of fused-ring (bicyclic) bond motifs is 6. The summed E-state index contributed by atoms with van der Waals surface area (Å²) < 4.78 is 0. The quantitative estimate of drug-likeness (QED) is 0.141. The van der Waals surface area contributed by atoms with Crippen LogP contribution in [0.4, 0.5) is 0 Å². The molecule has 9 aromatic rings. The minimum absolute atomic E-state index is 0. The Morgan fingerprint density at radius 1 is 0.558 bits per heavy atom. The molecule has 6 nitrogen and oxygen atoms in total. The van der Waals surface area contributed by atoms with Crippen LogP contribution in [0.5, 0.6) is 0 Å². The Bertz CT molecular complexity index is 2460. The Labute approximate surface area is 314 Å². The minimum atomic E-state index is -1.33. The summed E-state index contributed by atoms with van der Waals surface area (Å²) in [4.78, 5) is 23.4. The molecule has 3 heterocycles. The van der Waals surface area contributed by atoms with Crippen LogP contribution in [0.2, 0.25) is 0 Å². The summed E-state index contributed by atoms with van der Waals surface area (Å²) in [5.74, 6) is -1.33. The van der Waals surface area contributed by atoms with Crippen molar-refractivity contribution in [3.05, 3.63) is 187 Å². The van der Waals surface area contributed by atoms with E-state index < -0.39 is 5.97 Å². The number of aromatic carboxylic acids is 1. The van der Waals surface area contributed by atoms with Gasteiger partial charge in [0, 0.05) is 17.0 Å². The van der Waals surface area contributed by atoms with Gasteiger partial charge in [0.1, 0.15) is 0 Å². The van der Waals surface area contributed by atoms with Crippen molar-refractivity contribution in [2.45, 2.75) is 6.61 Å². The number of nitrogens with zero attached hydrogens (tertiary/aromatic N) is 3. The largest absolute Gasteiger partial charge is 3.00 e. The number of carboxylic acids is 1. The first kappa shape index (κ1) is 35.7. The van der Waals surface area contributed by atoms with Crippen molar-refractivity contribution in [3.8, 4) is 22.5 Å². The Morgan fingerprint density at radius 3 is 1.40 bits per heavy atom. The Morgan fingerprint density at radius 2 is 0.981 bits per heavy atom. The molecule has 0 spiro atoms. The van der Waals surface area contributed by atoms with E-state index in [-0.39, 0.29) is 32.4 Å². The maximum absolute atomic E-state index is 10.2. The molecular weight excluding hydrogens is 823 g/mol. The summed E-state index contributed by atoms with van der Waals surface area (Å²) in [6.45, 7) is -0.192. The molecule has 0 aliphatic rings. The second-order valence-electron chi connectivity index (χ2n) is 11.6. The number of carbonyl (C=O) groups excluding carboxylic acids is 1. The summed E-state index contributed by atoms with van der Waals surface area (Å²) in [6.07, 6.45) is 1.32. The topological polar surface area (TPSA) is 99.0 Å². The monoisotopic (exact) mass is 853 g/mol. The van der Waals surface area contributed by atoms with Crippen molar-refractivity contribution >= 4 is 49.3 Å². The van der Waals surface area contributed by atoms with Crippen LogP contribution in [0.15, 0.2) is 164 Å². The third-order valence-corrected chi connectivity index (χ3v) is 8.36. The maximum Gasteiger partial charge on any atom is 3.00 e. The molecule has 6 aromatic carbocycles. The van der Waals surface area contributed by atoms with Crippen LogP contribution >= 0.6 is 0 Å². The fourth-order valence-electron chi connectivity index (χ4n) is 5.98. The fourth-order valence-corrected chi connectivity index (χ4v) is 5.98. The number of aliphatic hydroxyl groups is 1. The van der Waals surface area contributed by atoms with Crippen molar-refractivity contribution in [1.82, 2.24) is 15.0 Å². The van der Waals surface area contributed by atoms with Gasteiger partial charge in [0.15, 0.2) is 0 Å². The van der Waals surface area contributed by atoms with E-state index in [1.807, 2.05) is 48.5 Å².